The van der Waals surface area contributed by atoms with Gasteiger partial charge in [-0.05, 0) is 26.5 Å². The first kappa shape index (κ1) is 10.4. The fraction of sp³-hybridized carbons (Fsp3) is 0.556. The van der Waals surface area contributed by atoms with Crippen molar-refractivity contribution in [2.45, 2.75) is 19.9 Å². The minimum atomic E-state index is 0.115. The van der Waals surface area contributed by atoms with Crippen LogP contribution in [-0.4, -0.2) is 24.8 Å². The van der Waals surface area contributed by atoms with Crippen molar-refractivity contribution in [3.63, 3.8) is 0 Å². The molecule has 2 nitrogen and oxygen atoms in total. The minimum absolute atomic E-state index is 0.115. The molecule has 0 aliphatic heterocycles. The molecule has 0 saturated carbocycles. The fourth-order valence-corrected chi connectivity index (χ4v) is 0.604. The predicted molar refractivity (Wildman–Crippen MR) is 48.5 cm³/mol. The van der Waals surface area contributed by atoms with Crippen molar-refractivity contribution in [3.05, 3.63) is 23.8 Å². The number of allylic oxidation sites excluding steroid dienone is 1. The number of nitrogens with one attached hydrogen (secondary N) is 1. The van der Waals surface area contributed by atoms with Gasteiger partial charge in [0.15, 0.2) is 0 Å². The highest BCUT2D eigenvalue weighted by Gasteiger charge is 1.90. The van der Waals surface area contributed by atoms with Crippen molar-refractivity contribution in [2.75, 3.05) is 13.7 Å². The van der Waals surface area contributed by atoms with Gasteiger partial charge in [-0.15, -0.1) is 0 Å². The van der Waals surface area contributed by atoms with E-state index in [1.807, 2.05) is 32.2 Å². The lowest BCUT2D eigenvalue weighted by molar-refractivity contribution is 0.334. The van der Waals surface area contributed by atoms with Crippen LogP contribution < -0.4 is 5.32 Å². The summed E-state index contributed by atoms with van der Waals surface area (Å²) in [5.74, 6) is 0. The second-order valence-electron chi connectivity index (χ2n) is 2.46. The van der Waals surface area contributed by atoms with Crippen molar-refractivity contribution in [1.29, 1.82) is 0 Å². The first-order valence-corrected chi connectivity index (χ1v) is 3.86. The summed E-state index contributed by atoms with van der Waals surface area (Å²) in [6.45, 7) is 4.09. The van der Waals surface area contributed by atoms with Gasteiger partial charge in [0.05, 0.1) is 6.61 Å². The molecular weight excluding hydrogens is 138 g/mol. The molecule has 0 bridgehead atoms. The maximum atomic E-state index is 8.77. The van der Waals surface area contributed by atoms with Crippen LogP contribution in [0, 0.1) is 0 Å². The summed E-state index contributed by atoms with van der Waals surface area (Å²) in [5, 5.41) is 11.8. The zero-order valence-corrected chi connectivity index (χ0v) is 7.46. The third kappa shape index (κ3) is 4.76. The number of aliphatic hydroxyl groups is 1. The molecule has 1 unspecified atom stereocenters. The molecule has 0 aromatic carbocycles. The molecule has 0 aromatic heterocycles. The Kier molecular flexibility index (Phi) is 5.80. The Bertz CT molecular complexity index is 150. The standard InChI is InChI=1S/C9H17NO/c1-4-9(7-11)6-5-8(2)10-3/h4-6,8,10-11H,7H2,1-3H3/b6-5-,9-4+. The Morgan fingerprint density at radius 2 is 2.27 bits per heavy atom. The second-order valence-corrected chi connectivity index (χ2v) is 2.46. The highest BCUT2D eigenvalue weighted by atomic mass is 16.3. The topological polar surface area (TPSA) is 32.3 Å². The van der Waals surface area contributed by atoms with Crippen LogP contribution in [0.4, 0.5) is 0 Å². The fourth-order valence-electron chi connectivity index (χ4n) is 0.604. The van der Waals surface area contributed by atoms with Gasteiger partial charge in [0.2, 0.25) is 0 Å². The molecule has 64 valence electrons. The van der Waals surface area contributed by atoms with E-state index in [9.17, 15) is 0 Å². The van der Waals surface area contributed by atoms with Gasteiger partial charge in [-0.25, -0.2) is 0 Å². The third-order valence-corrected chi connectivity index (χ3v) is 1.61. The largest absolute Gasteiger partial charge is 0.392 e. The molecule has 0 aromatic rings. The molecule has 11 heavy (non-hydrogen) atoms. The van der Waals surface area contributed by atoms with E-state index in [1.54, 1.807) is 0 Å². The monoisotopic (exact) mass is 155 g/mol. The zero-order valence-electron chi connectivity index (χ0n) is 7.46. The van der Waals surface area contributed by atoms with E-state index in [2.05, 4.69) is 12.2 Å². The minimum Gasteiger partial charge on any atom is -0.392 e. The van der Waals surface area contributed by atoms with Crippen molar-refractivity contribution in [1.82, 2.24) is 5.32 Å². The Labute approximate surface area is 68.6 Å². The number of likely N-dealkylation sites (N-methyl/N-ethyl adjacent to an activating group) is 1. The lowest BCUT2D eigenvalue weighted by Gasteiger charge is -2.02. The maximum Gasteiger partial charge on any atom is 0.0678 e. The van der Waals surface area contributed by atoms with Gasteiger partial charge in [-0.1, -0.05) is 18.2 Å². The quantitative estimate of drug-likeness (QED) is 0.596. The molecule has 0 fully saturated rings. The van der Waals surface area contributed by atoms with Crippen molar-refractivity contribution in [2.24, 2.45) is 0 Å². The van der Waals surface area contributed by atoms with E-state index < -0.39 is 0 Å². The summed E-state index contributed by atoms with van der Waals surface area (Å²) in [4.78, 5) is 0. The molecule has 0 aliphatic rings. The van der Waals surface area contributed by atoms with Crippen molar-refractivity contribution < 1.29 is 5.11 Å². The van der Waals surface area contributed by atoms with Gasteiger partial charge in [0.25, 0.3) is 0 Å². The molecular formula is C9H17NO. The van der Waals surface area contributed by atoms with Gasteiger partial charge in [0.1, 0.15) is 0 Å². The van der Waals surface area contributed by atoms with Gasteiger partial charge < -0.3 is 10.4 Å². The van der Waals surface area contributed by atoms with Crippen LogP contribution in [0.3, 0.4) is 0 Å². The molecule has 0 rings (SSSR count). The van der Waals surface area contributed by atoms with E-state index in [4.69, 9.17) is 5.11 Å². The summed E-state index contributed by atoms with van der Waals surface area (Å²) in [5.41, 5.74) is 0.951. The number of aliphatic hydroxyl groups excluding tert-OH is 1. The highest BCUT2D eigenvalue weighted by molar-refractivity contribution is 5.19. The van der Waals surface area contributed by atoms with Crippen LogP contribution >= 0.6 is 0 Å². The second kappa shape index (κ2) is 6.13. The van der Waals surface area contributed by atoms with Crippen LogP contribution in [0.15, 0.2) is 23.8 Å². The lowest BCUT2D eigenvalue weighted by atomic mass is 10.2. The first-order chi connectivity index (χ1) is 5.24. The summed E-state index contributed by atoms with van der Waals surface area (Å²) >= 11 is 0. The Balaban J connectivity index is 3.89. The van der Waals surface area contributed by atoms with Crippen LogP contribution in [0.25, 0.3) is 0 Å². The van der Waals surface area contributed by atoms with Gasteiger partial charge in [0, 0.05) is 6.04 Å². The van der Waals surface area contributed by atoms with Crippen LogP contribution in [-0.2, 0) is 0 Å². The number of hydrogen-bond acceptors (Lipinski definition) is 2. The number of hydrogen-bond donors (Lipinski definition) is 2. The third-order valence-electron chi connectivity index (χ3n) is 1.61. The molecule has 2 N–H and O–H groups in total. The van der Waals surface area contributed by atoms with Crippen LogP contribution in [0.1, 0.15) is 13.8 Å². The smallest absolute Gasteiger partial charge is 0.0678 e. The Morgan fingerprint density at radius 3 is 2.64 bits per heavy atom. The van der Waals surface area contributed by atoms with Gasteiger partial charge in [-0.3, -0.25) is 0 Å². The van der Waals surface area contributed by atoms with Crippen molar-refractivity contribution >= 4 is 0 Å². The van der Waals surface area contributed by atoms with Crippen molar-refractivity contribution in [3.8, 4) is 0 Å². The zero-order chi connectivity index (χ0) is 8.69. The lowest BCUT2D eigenvalue weighted by Crippen LogP contribution is -2.17. The molecule has 0 saturated heterocycles. The first-order valence-electron chi connectivity index (χ1n) is 3.86. The average molecular weight is 155 g/mol. The number of rotatable bonds is 4. The molecule has 1 atom stereocenters. The van der Waals surface area contributed by atoms with Gasteiger partial charge >= 0.3 is 0 Å². The van der Waals surface area contributed by atoms with E-state index in [0.717, 1.165) is 5.57 Å². The maximum absolute atomic E-state index is 8.77. The molecule has 2 heteroatoms. The Morgan fingerprint density at radius 1 is 1.64 bits per heavy atom. The predicted octanol–water partition coefficient (Wildman–Crippen LogP) is 1.09. The SMILES string of the molecule is C/C=C(\C=C/C(C)NC)CO. The molecule has 0 radical (unpaired) electrons. The molecule has 0 amide bonds. The summed E-state index contributed by atoms with van der Waals surface area (Å²) in [7, 11) is 1.91. The molecule has 0 spiro atoms. The van der Waals surface area contributed by atoms with E-state index in [-0.39, 0.29) is 6.61 Å². The summed E-state index contributed by atoms with van der Waals surface area (Å²) in [6, 6.07) is 0.358. The van der Waals surface area contributed by atoms with Crippen LogP contribution in [0.2, 0.25) is 0 Å². The normalized spacial score (nSPS) is 15.8. The summed E-state index contributed by atoms with van der Waals surface area (Å²) < 4.78 is 0. The van der Waals surface area contributed by atoms with E-state index >= 15 is 0 Å². The Hall–Kier alpha value is -0.600. The summed E-state index contributed by atoms with van der Waals surface area (Å²) in [6.07, 6.45) is 5.85. The average Bonchev–Trinajstić information content (AvgIpc) is 2.06. The molecule has 0 heterocycles. The molecule has 0 aliphatic carbocycles. The van der Waals surface area contributed by atoms with Gasteiger partial charge in [-0.2, -0.15) is 0 Å². The van der Waals surface area contributed by atoms with E-state index in [0.29, 0.717) is 6.04 Å². The highest BCUT2D eigenvalue weighted by Crippen LogP contribution is 1.95. The van der Waals surface area contributed by atoms with E-state index in [1.165, 1.54) is 0 Å². The van der Waals surface area contributed by atoms with Crippen LogP contribution in [0.5, 0.6) is 0 Å².